The highest BCUT2D eigenvalue weighted by Gasteiger charge is 2.28. The van der Waals surface area contributed by atoms with E-state index in [2.05, 4.69) is 43.8 Å². The molecule has 0 unspecified atom stereocenters. The van der Waals surface area contributed by atoms with E-state index in [1.165, 1.54) is 51.9 Å². The van der Waals surface area contributed by atoms with Crippen molar-refractivity contribution in [3.8, 4) is 17.0 Å². The molecule has 0 radical (unpaired) electrons. The molecule has 6 nitrogen and oxygen atoms in total. The van der Waals surface area contributed by atoms with Crippen LogP contribution in [0.1, 0.15) is 37.3 Å². The first-order chi connectivity index (χ1) is 17.5. The number of likely N-dealkylation sites (N-methyl/N-ethyl adjacent to an activating group) is 1. The number of alkyl halides is 2. The average Bonchev–Trinajstić information content (AvgIpc) is 3.39. The molecule has 0 atom stereocenters. The van der Waals surface area contributed by atoms with Crippen molar-refractivity contribution >= 4 is 5.69 Å². The maximum absolute atomic E-state index is 12.6. The Morgan fingerprint density at radius 3 is 2.33 bits per heavy atom. The number of piperazine rings is 1. The fourth-order valence-corrected chi connectivity index (χ4v) is 5.39. The first kappa shape index (κ1) is 24.7. The molecule has 1 aliphatic heterocycles. The fourth-order valence-electron chi connectivity index (χ4n) is 5.39. The zero-order valence-electron chi connectivity index (χ0n) is 20.8. The van der Waals surface area contributed by atoms with Crippen LogP contribution in [0.25, 0.3) is 11.3 Å². The summed E-state index contributed by atoms with van der Waals surface area (Å²) in [6, 6.07) is 18.2. The van der Waals surface area contributed by atoms with Crippen LogP contribution in [0.5, 0.6) is 5.75 Å². The summed E-state index contributed by atoms with van der Waals surface area (Å²) >= 11 is 0. The lowest BCUT2D eigenvalue weighted by Crippen LogP contribution is -2.49. The minimum Gasteiger partial charge on any atom is -0.434 e. The van der Waals surface area contributed by atoms with Crippen molar-refractivity contribution in [1.82, 2.24) is 19.6 Å². The van der Waals surface area contributed by atoms with Gasteiger partial charge in [-0.05, 0) is 57.0 Å². The fraction of sp³-hybridized carbons (Fsp3) is 0.464. The Hall–Kier alpha value is -2.97. The van der Waals surface area contributed by atoms with Gasteiger partial charge in [0, 0.05) is 61.8 Å². The molecular formula is C28H35F2N5O. The van der Waals surface area contributed by atoms with Crippen molar-refractivity contribution < 1.29 is 13.5 Å². The summed E-state index contributed by atoms with van der Waals surface area (Å²) in [5, 5.41) is 8.19. The van der Waals surface area contributed by atoms with Gasteiger partial charge in [-0.3, -0.25) is 9.58 Å². The number of halogens is 2. The lowest BCUT2D eigenvalue weighted by atomic mass is 9.90. The Balaban J connectivity index is 1.14. The molecule has 1 aromatic heterocycles. The van der Waals surface area contributed by atoms with Gasteiger partial charge in [-0.25, -0.2) is 0 Å². The second kappa shape index (κ2) is 11.4. The third-order valence-electron chi connectivity index (χ3n) is 7.56. The molecule has 0 bridgehead atoms. The molecule has 36 heavy (non-hydrogen) atoms. The third kappa shape index (κ3) is 6.05. The van der Waals surface area contributed by atoms with Gasteiger partial charge in [-0.2, -0.15) is 13.9 Å². The molecule has 1 aliphatic carbocycles. The Labute approximate surface area is 211 Å². The van der Waals surface area contributed by atoms with Crippen LogP contribution in [0.15, 0.2) is 60.8 Å². The van der Waals surface area contributed by atoms with Crippen molar-refractivity contribution in [3.63, 3.8) is 0 Å². The van der Waals surface area contributed by atoms with Crippen molar-refractivity contribution in [2.45, 2.75) is 50.9 Å². The van der Waals surface area contributed by atoms with Crippen LogP contribution >= 0.6 is 0 Å². The summed E-state index contributed by atoms with van der Waals surface area (Å²) in [4.78, 5) is 5.10. The summed E-state index contributed by atoms with van der Waals surface area (Å²) in [6.07, 6.45) is 6.96. The molecule has 2 heterocycles. The predicted octanol–water partition coefficient (Wildman–Crippen LogP) is 5.49. The zero-order valence-corrected chi connectivity index (χ0v) is 20.8. The SMILES string of the molecule is CN1CCN(C2CCC(n3ccc(-c4ccc(NCc5ccccc5OC(F)F)cc4)n3)CC2)CC1. The van der Waals surface area contributed by atoms with Crippen LogP contribution in [0.3, 0.4) is 0 Å². The second-order valence-corrected chi connectivity index (χ2v) is 9.90. The highest BCUT2D eigenvalue weighted by atomic mass is 19.3. The smallest absolute Gasteiger partial charge is 0.387 e. The topological polar surface area (TPSA) is 45.6 Å². The molecule has 2 fully saturated rings. The molecular weight excluding hydrogens is 460 g/mol. The number of aromatic nitrogens is 2. The van der Waals surface area contributed by atoms with Crippen LogP contribution in [-0.4, -0.2) is 65.5 Å². The van der Waals surface area contributed by atoms with Gasteiger partial charge >= 0.3 is 6.61 Å². The van der Waals surface area contributed by atoms with E-state index in [0.717, 1.165) is 23.0 Å². The zero-order chi connectivity index (χ0) is 24.9. The Morgan fingerprint density at radius 1 is 0.917 bits per heavy atom. The number of rotatable bonds is 8. The van der Waals surface area contributed by atoms with E-state index in [4.69, 9.17) is 5.10 Å². The largest absolute Gasteiger partial charge is 0.434 e. The lowest BCUT2D eigenvalue weighted by molar-refractivity contribution is -0.0504. The van der Waals surface area contributed by atoms with Gasteiger partial charge < -0.3 is 15.0 Å². The highest BCUT2D eigenvalue weighted by molar-refractivity contribution is 5.62. The van der Waals surface area contributed by atoms with E-state index in [1.54, 1.807) is 18.2 Å². The number of benzene rings is 2. The summed E-state index contributed by atoms with van der Waals surface area (Å²) in [5.74, 6) is 0.194. The average molecular weight is 496 g/mol. The van der Waals surface area contributed by atoms with Crippen LogP contribution in [0, 0.1) is 0 Å². The summed E-state index contributed by atoms with van der Waals surface area (Å²) in [7, 11) is 2.21. The number of hydrogen-bond donors (Lipinski definition) is 1. The maximum Gasteiger partial charge on any atom is 0.387 e. The lowest BCUT2D eigenvalue weighted by Gasteiger charge is -2.41. The monoisotopic (exact) mass is 495 g/mol. The van der Waals surface area contributed by atoms with Gasteiger partial charge in [-0.15, -0.1) is 0 Å². The number of para-hydroxylation sites is 1. The minimum atomic E-state index is -2.84. The van der Waals surface area contributed by atoms with Crippen molar-refractivity contribution in [1.29, 1.82) is 0 Å². The summed E-state index contributed by atoms with van der Waals surface area (Å²) < 4.78 is 32.1. The van der Waals surface area contributed by atoms with Gasteiger partial charge in [0.15, 0.2) is 0 Å². The van der Waals surface area contributed by atoms with E-state index in [9.17, 15) is 8.78 Å². The molecule has 8 heteroatoms. The maximum atomic E-state index is 12.6. The molecule has 5 rings (SSSR count). The normalized spacial score (nSPS) is 21.6. The van der Waals surface area contributed by atoms with Crippen LogP contribution in [-0.2, 0) is 6.54 Å². The third-order valence-corrected chi connectivity index (χ3v) is 7.56. The van der Waals surface area contributed by atoms with E-state index in [-0.39, 0.29) is 5.75 Å². The molecule has 3 aromatic rings. The number of ether oxygens (including phenoxy) is 1. The van der Waals surface area contributed by atoms with Gasteiger partial charge in [0.25, 0.3) is 0 Å². The molecule has 0 spiro atoms. The Morgan fingerprint density at radius 2 is 1.61 bits per heavy atom. The van der Waals surface area contributed by atoms with E-state index in [1.807, 2.05) is 30.3 Å². The number of anilines is 1. The van der Waals surface area contributed by atoms with E-state index >= 15 is 0 Å². The first-order valence-corrected chi connectivity index (χ1v) is 12.9. The van der Waals surface area contributed by atoms with E-state index < -0.39 is 6.61 Å². The van der Waals surface area contributed by atoms with Gasteiger partial charge in [0.2, 0.25) is 0 Å². The molecule has 2 aliphatic rings. The molecule has 1 saturated heterocycles. The molecule has 2 aromatic carbocycles. The molecule has 0 amide bonds. The first-order valence-electron chi connectivity index (χ1n) is 12.9. The van der Waals surface area contributed by atoms with Crippen LogP contribution < -0.4 is 10.1 Å². The number of hydrogen-bond acceptors (Lipinski definition) is 5. The predicted molar refractivity (Wildman–Crippen MR) is 138 cm³/mol. The van der Waals surface area contributed by atoms with Crippen LogP contribution in [0.4, 0.5) is 14.5 Å². The number of nitrogens with zero attached hydrogens (tertiary/aromatic N) is 4. The molecule has 1 saturated carbocycles. The molecule has 1 N–H and O–H groups in total. The Kier molecular flexibility index (Phi) is 7.82. The standard InChI is InChI=1S/C28H35F2N5O/c1-33-16-18-34(19-17-33)24-10-12-25(13-11-24)35-15-14-26(32-35)21-6-8-23(9-7-21)31-20-22-4-2-3-5-27(22)36-28(29)30/h2-9,14-15,24-25,28,31H,10-13,16-20H2,1H3. The van der Waals surface area contributed by atoms with Gasteiger partial charge in [-0.1, -0.05) is 30.3 Å². The Bertz CT molecular complexity index is 1100. The van der Waals surface area contributed by atoms with Crippen molar-refractivity contribution in [3.05, 3.63) is 66.4 Å². The van der Waals surface area contributed by atoms with Gasteiger partial charge in [0.05, 0.1) is 11.7 Å². The quantitative estimate of drug-likeness (QED) is 0.448. The second-order valence-electron chi connectivity index (χ2n) is 9.90. The van der Waals surface area contributed by atoms with Crippen LogP contribution in [0.2, 0.25) is 0 Å². The van der Waals surface area contributed by atoms with E-state index in [0.29, 0.717) is 18.2 Å². The summed E-state index contributed by atoms with van der Waals surface area (Å²) in [6.45, 7) is 2.30. The van der Waals surface area contributed by atoms with Crippen molar-refractivity contribution in [2.24, 2.45) is 0 Å². The minimum absolute atomic E-state index is 0.194. The number of nitrogens with one attached hydrogen (secondary N) is 1. The van der Waals surface area contributed by atoms with Gasteiger partial charge in [0.1, 0.15) is 5.75 Å². The summed E-state index contributed by atoms with van der Waals surface area (Å²) in [5.41, 5.74) is 3.63. The van der Waals surface area contributed by atoms with Crippen molar-refractivity contribution in [2.75, 3.05) is 38.5 Å². The highest BCUT2D eigenvalue weighted by Crippen LogP contribution is 2.32. The molecule has 192 valence electrons.